The van der Waals surface area contributed by atoms with Crippen LogP contribution < -0.4 is 64.8 Å². The van der Waals surface area contributed by atoms with E-state index in [4.69, 9.17) is 9.66 Å². The number of rotatable bonds is 4. The van der Waals surface area contributed by atoms with E-state index in [0.717, 1.165) is 0 Å². The maximum atomic E-state index is 10.8. The zero-order chi connectivity index (χ0) is 12.2. The Morgan fingerprint density at radius 3 is 1.94 bits per heavy atom. The molecule has 0 heterocycles. The molecule has 1 amide bonds. The van der Waals surface area contributed by atoms with E-state index in [-0.39, 0.29) is 62.0 Å². The van der Waals surface area contributed by atoms with Gasteiger partial charge in [-0.1, -0.05) is 0 Å². The summed E-state index contributed by atoms with van der Waals surface area (Å²) in [6.07, 6.45) is -2.83. The van der Waals surface area contributed by atoms with Gasteiger partial charge >= 0.3 is 77.1 Å². The van der Waals surface area contributed by atoms with E-state index >= 15 is 0 Å². The van der Waals surface area contributed by atoms with Crippen molar-refractivity contribution in [1.29, 1.82) is 0 Å². The average Bonchev–Trinajstić information content (AvgIpc) is 1.95. The van der Waals surface area contributed by atoms with Crippen molar-refractivity contribution in [3.8, 4) is 0 Å². The molecule has 0 saturated carbocycles. The summed E-state index contributed by atoms with van der Waals surface area (Å²) < 4.78 is 33.2. The van der Waals surface area contributed by atoms with Gasteiger partial charge in [0.15, 0.2) is 5.25 Å². The number of carbonyl (C=O) groups excluding carboxylic acids is 2. The van der Waals surface area contributed by atoms with Gasteiger partial charge in [-0.2, -0.15) is 8.42 Å². The van der Waals surface area contributed by atoms with Gasteiger partial charge in [-0.05, 0) is 0 Å². The third kappa shape index (κ3) is 9.97. The number of ether oxygens (including phenoxy) is 1. The van der Waals surface area contributed by atoms with Crippen LogP contribution in [-0.2, 0) is 24.4 Å². The third-order valence-corrected chi connectivity index (χ3v) is 2.26. The Morgan fingerprint density at radius 2 is 1.71 bits per heavy atom. The molecule has 0 radical (unpaired) electrons. The number of carbonyl (C=O) groups is 3. The minimum Gasteiger partial charge on any atom is -1.00 e. The van der Waals surface area contributed by atoms with Crippen molar-refractivity contribution in [2.24, 2.45) is 5.73 Å². The number of esters is 1. The molecule has 12 heteroatoms. The van der Waals surface area contributed by atoms with Crippen molar-refractivity contribution in [2.45, 2.75) is 11.7 Å². The summed E-state index contributed by atoms with van der Waals surface area (Å²) in [6.45, 7) is 0. The molecule has 0 aromatic rings. The Morgan fingerprint density at radius 1 is 1.29 bits per heavy atom. The van der Waals surface area contributed by atoms with Gasteiger partial charge in [0.1, 0.15) is 0 Å². The summed E-state index contributed by atoms with van der Waals surface area (Å²) in [5.41, 5.74) is 4.40. The maximum Gasteiger partial charge on any atom is 1.00 e. The third-order valence-electron chi connectivity index (χ3n) is 1.18. The predicted octanol–water partition coefficient (Wildman–Crippen LogP) is -7.43. The Bertz CT molecular complexity index is 402. The summed E-state index contributed by atoms with van der Waals surface area (Å²) in [7, 11) is -4.97. The molecule has 9 nitrogen and oxygen atoms in total. The van der Waals surface area contributed by atoms with Gasteiger partial charge in [-0.25, -0.2) is 9.59 Å². The molecule has 0 aliphatic carbocycles. The molecule has 1 unspecified atom stereocenters. The maximum absolute atomic E-state index is 10.8. The summed E-state index contributed by atoms with van der Waals surface area (Å²) in [5, 5.41) is 5.86. The first-order chi connectivity index (χ1) is 6.64. The normalized spacial score (nSPS) is 11.4. The molecule has 0 bridgehead atoms. The topological polar surface area (TPSA) is 161 Å². The Hall–Kier alpha value is 0.320. The number of hydrogen-bond acceptors (Lipinski definition) is 6. The Labute approximate surface area is 143 Å². The largest absolute Gasteiger partial charge is 1.00 e. The minimum atomic E-state index is -4.97. The van der Waals surface area contributed by atoms with E-state index < -0.39 is 39.8 Å². The molecule has 0 aromatic heterocycles. The summed E-state index contributed by atoms with van der Waals surface area (Å²) in [4.78, 5) is 31.0. The first-order valence-electron chi connectivity index (χ1n) is 3.33. The van der Waals surface area contributed by atoms with Crippen LogP contribution in [0.4, 0.5) is 4.79 Å². The van der Waals surface area contributed by atoms with Crippen molar-refractivity contribution in [3.05, 3.63) is 0 Å². The zero-order valence-corrected chi connectivity index (χ0v) is 13.9. The van der Waals surface area contributed by atoms with Crippen LogP contribution in [0.25, 0.3) is 0 Å². The first-order valence-corrected chi connectivity index (χ1v) is 4.84. The molecule has 0 rings (SSSR count). The number of amides is 1. The Balaban J connectivity index is -0.000000163. The fraction of sp³-hybridized carbons (Fsp3) is 0.400. The van der Waals surface area contributed by atoms with E-state index in [2.05, 4.69) is 10.5 Å². The molecule has 0 aromatic carbocycles. The molecule has 0 fully saturated rings. The molecule has 0 aliphatic heterocycles. The first kappa shape index (κ1) is 22.5. The number of carboxylic acids is 1. The van der Waals surface area contributed by atoms with E-state index in [1.807, 2.05) is 0 Å². The minimum absolute atomic E-state index is 0. The zero-order valence-electron chi connectivity index (χ0n) is 11.1. The summed E-state index contributed by atoms with van der Waals surface area (Å²) in [6, 6.07) is 0. The molecular formula is C5H9NNa2O8S. The number of nitrogens with two attached hydrogens (primary N) is 1. The van der Waals surface area contributed by atoms with Crippen LogP contribution in [0.15, 0.2) is 0 Å². The fourth-order valence-corrected chi connectivity index (χ4v) is 1.28. The fourth-order valence-electron chi connectivity index (χ4n) is 0.634. The van der Waals surface area contributed by atoms with Gasteiger partial charge in [0, 0.05) is 0 Å². The quantitative estimate of drug-likeness (QED) is 0.199. The number of hydrogen-bond donors (Lipinski definition) is 3. The average molecular weight is 289 g/mol. The molecular weight excluding hydrogens is 280 g/mol. The smallest absolute Gasteiger partial charge is 1.00 e. The van der Waals surface area contributed by atoms with Crippen LogP contribution in [0.1, 0.15) is 9.27 Å². The van der Waals surface area contributed by atoms with Gasteiger partial charge in [0.25, 0.3) is 10.1 Å². The standard InChI is InChI=1S/C5H7NO8S.2Na.2H/c6-5(10)14-4(9)2(1-3(7)8)15(11,12)13;;;;/h2H,1H2,(H2,6,10)(H,7,8)(H,11,12,13);;;;/q;2*+1;2*-1. The monoisotopic (exact) mass is 289 g/mol. The molecule has 0 aliphatic rings. The van der Waals surface area contributed by atoms with E-state index in [1.54, 1.807) is 0 Å². The van der Waals surface area contributed by atoms with Crippen LogP contribution in [0.5, 0.6) is 0 Å². The van der Waals surface area contributed by atoms with Crippen LogP contribution >= 0.6 is 0 Å². The number of carboxylic acid groups (broad SMARTS) is 1. The summed E-state index contributed by atoms with van der Waals surface area (Å²) in [5.74, 6) is -3.41. The van der Waals surface area contributed by atoms with Gasteiger partial charge in [-0.3, -0.25) is 9.35 Å². The molecule has 1 atom stereocenters. The van der Waals surface area contributed by atoms with Crippen LogP contribution in [-0.4, -0.2) is 41.4 Å². The van der Waals surface area contributed by atoms with Crippen molar-refractivity contribution >= 4 is 28.1 Å². The van der Waals surface area contributed by atoms with E-state index in [1.165, 1.54) is 0 Å². The molecule has 90 valence electrons. The van der Waals surface area contributed by atoms with Crippen LogP contribution in [0, 0.1) is 0 Å². The van der Waals surface area contributed by atoms with Crippen molar-refractivity contribution in [1.82, 2.24) is 0 Å². The van der Waals surface area contributed by atoms with E-state index in [0.29, 0.717) is 0 Å². The second-order valence-electron chi connectivity index (χ2n) is 2.34. The SMILES string of the molecule is NC(=O)OC(=O)C(CC(=O)O)S(=O)(=O)O.[H-].[H-].[Na+].[Na+]. The molecule has 0 spiro atoms. The van der Waals surface area contributed by atoms with E-state index in [9.17, 15) is 22.8 Å². The van der Waals surface area contributed by atoms with Crippen molar-refractivity contribution in [2.75, 3.05) is 0 Å². The predicted molar refractivity (Wildman–Crippen MR) is 45.5 cm³/mol. The number of primary amides is 1. The van der Waals surface area contributed by atoms with Crippen molar-refractivity contribution in [3.63, 3.8) is 0 Å². The van der Waals surface area contributed by atoms with Gasteiger partial charge in [0.05, 0.1) is 6.42 Å². The van der Waals surface area contributed by atoms with Crippen LogP contribution in [0.2, 0.25) is 0 Å². The molecule has 17 heavy (non-hydrogen) atoms. The van der Waals surface area contributed by atoms with Gasteiger partial charge in [-0.15, -0.1) is 0 Å². The second-order valence-corrected chi connectivity index (χ2v) is 3.94. The molecule has 0 saturated heterocycles. The van der Waals surface area contributed by atoms with Crippen LogP contribution in [0.3, 0.4) is 0 Å². The summed E-state index contributed by atoms with van der Waals surface area (Å²) >= 11 is 0. The second kappa shape index (κ2) is 9.28. The van der Waals surface area contributed by atoms with Crippen molar-refractivity contribution < 1.29 is 99.2 Å². The molecule has 4 N–H and O–H groups in total. The Kier molecular flexibility index (Phi) is 12.3. The van der Waals surface area contributed by atoms with Gasteiger partial charge < -0.3 is 18.4 Å². The number of aliphatic carboxylic acids is 1. The van der Waals surface area contributed by atoms with Gasteiger partial charge in [0.2, 0.25) is 0 Å².